The molecule has 0 N–H and O–H groups in total. The summed E-state index contributed by atoms with van der Waals surface area (Å²) in [6.45, 7) is 14.3. The number of nitrogens with zero attached hydrogens (tertiary/aromatic N) is 2. The minimum atomic E-state index is -1.43. The molecule has 0 radical (unpaired) electrons. The first kappa shape index (κ1) is 37.0. The van der Waals surface area contributed by atoms with E-state index in [9.17, 15) is 0 Å². The van der Waals surface area contributed by atoms with E-state index >= 15 is 0 Å². The van der Waals surface area contributed by atoms with Gasteiger partial charge in [0.25, 0.3) is 0 Å². The monoisotopic (exact) mass is 756 g/mol. The SMILES string of the molecule is C[Si](C)(C)c1ccc(-c2cc(-c3ccc([Si](C)(C)C)cc3)nc(-c3cccc(-c4cccc(-c5cccc(-c6cccc(-c7ccccc7)c6)c5)c4)c3)n2)cc1. The fourth-order valence-electron chi connectivity index (χ4n) is 7.26. The van der Waals surface area contributed by atoms with Crippen LogP contribution < -0.4 is 10.4 Å². The zero-order chi connectivity index (χ0) is 38.9. The predicted molar refractivity (Wildman–Crippen MR) is 246 cm³/mol. The lowest BCUT2D eigenvalue weighted by atomic mass is 9.94. The van der Waals surface area contributed by atoms with E-state index in [0.29, 0.717) is 0 Å². The minimum absolute atomic E-state index is 0.726. The molecule has 0 aliphatic rings. The Hall–Kier alpha value is -5.95. The van der Waals surface area contributed by atoms with E-state index in [1.54, 1.807) is 0 Å². The Bertz CT molecular complexity index is 2560. The van der Waals surface area contributed by atoms with Gasteiger partial charge in [-0.1, -0.05) is 201 Å². The van der Waals surface area contributed by atoms with Crippen LogP contribution in [0.25, 0.3) is 78.4 Å². The quantitative estimate of drug-likeness (QED) is 0.137. The van der Waals surface area contributed by atoms with Gasteiger partial charge in [-0.05, 0) is 74.8 Å². The first-order chi connectivity index (χ1) is 27.0. The van der Waals surface area contributed by atoms with Crippen LogP contribution in [0, 0.1) is 0 Å². The molecule has 0 unspecified atom stereocenters. The van der Waals surface area contributed by atoms with Crippen LogP contribution in [0.1, 0.15) is 0 Å². The largest absolute Gasteiger partial charge is 0.228 e. The summed E-state index contributed by atoms with van der Waals surface area (Å²) in [4.78, 5) is 10.4. The maximum absolute atomic E-state index is 5.22. The second kappa shape index (κ2) is 15.3. The second-order valence-corrected chi connectivity index (χ2v) is 27.0. The van der Waals surface area contributed by atoms with Crippen molar-refractivity contribution in [3.8, 4) is 78.4 Å². The molecule has 8 aromatic rings. The Morgan fingerprint density at radius 3 is 0.929 bits per heavy atom. The molecule has 0 spiro atoms. The Kier molecular flexibility index (Phi) is 10.1. The van der Waals surface area contributed by atoms with Crippen molar-refractivity contribution in [3.63, 3.8) is 0 Å². The number of hydrogen-bond donors (Lipinski definition) is 0. The summed E-state index contributed by atoms with van der Waals surface area (Å²) in [5, 5.41) is 2.88. The fraction of sp³-hybridized carbons (Fsp3) is 0.115. The van der Waals surface area contributed by atoms with Crippen LogP contribution in [0.2, 0.25) is 39.3 Å². The summed E-state index contributed by atoms with van der Waals surface area (Å²) in [5.74, 6) is 0.726. The molecule has 8 rings (SSSR count). The highest BCUT2D eigenvalue weighted by atomic mass is 28.3. The molecule has 4 heteroatoms. The van der Waals surface area contributed by atoms with Crippen molar-refractivity contribution in [1.82, 2.24) is 9.97 Å². The molecule has 1 heterocycles. The summed E-state index contributed by atoms with van der Waals surface area (Å²) >= 11 is 0. The molecule has 56 heavy (non-hydrogen) atoms. The predicted octanol–water partition coefficient (Wildman–Crippen LogP) is 13.2. The van der Waals surface area contributed by atoms with Crippen molar-refractivity contribution in [1.29, 1.82) is 0 Å². The van der Waals surface area contributed by atoms with Crippen LogP contribution in [0.4, 0.5) is 0 Å². The highest BCUT2D eigenvalue weighted by Gasteiger charge is 2.19. The normalized spacial score (nSPS) is 11.8. The molecule has 274 valence electrons. The molecule has 0 aliphatic carbocycles. The molecule has 0 saturated heterocycles. The summed E-state index contributed by atoms with van der Waals surface area (Å²) in [6, 6.07) is 66.0. The first-order valence-electron chi connectivity index (χ1n) is 19.6. The lowest BCUT2D eigenvalue weighted by Crippen LogP contribution is -2.37. The molecule has 7 aromatic carbocycles. The van der Waals surface area contributed by atoms with E-state index in [4.69, 9.17) is 9.97 Å². The van der Waals surface area contributed by atoms with Crippen molar-refractivity contribution >= 4 is 26.5 Å². The fourth-order valence-corrected chi connectivity index (χ4v) is 9.59. The van der Waals surface area contributed by atoms with Crippen molar-refractivity contribution in [2.45, 2.75) is 39.3 Å². The molecular formula is C52H48N2Si2. The van der Waals surface area contributed by atoms with Gasteiger partial charge in [0.1, 0.15) is 0 Å². The Balaban J connectivity index is 1.15. The van der Waals surface area contributed by atoms with Gasteiger partial charge in [0.2, 0.25) is 0 Å². The summed E-state index contributed by atoms with van der Waals surface area (Å²) < 4.78 is 0. The zero-order valence-electron chi connectivity index (χ0n) is 33.2. The zero-order valence-corrected chi connectivity index (χ0v) is 35.2. The smallest absolute Gasteiger partial charge is 0.160 e. The van der Waals surface area contributed by atoms with Crippen molar-refractivity contribution in [2.75, 3.05) is 0 Å². The number of rotatable bonds is 9. The van der Waals surface area contributed by atoms with Gasteiger partial charge in [0, 0.05) is 16.7 Å². The van der Waals surface area contributed by atoms with Crippen molar-refractivity contribution in [2.24, 2.45) is 0 Å². The molecule has 1 aromatic heterocycles. The standard InChI is InChI=1S/C52H48N2Si2/c1-55(2,3)48-28-24-38(25-29-48)50-36-51(39-26-30-49(31-27-39)56(4,5)6)54-52(53-50)47-23-13-22-46(35-47)45-21-12-20-44(34-45)43-19-11-18-42(33-43)41-17-10-16-40(32-41)37-14-8-7-9-15-37/h7-36H,1-6H3. The third-order valence-corrected chi connectivity index (χ3v) is 14.8. The third kappa shape index (κ3) is 8.18. The van der Waals surface area contributed by atoms with Crippen LogP contribution in [0.5, 0.6) is 0 Å². The van der Waals surface area contributed by atoms with Crippen molar-refractivity contribution in [3.05, 3.63) is 182 Å². The maximum atomic E-state index is 5.22. The topological polar surface area (TPSA) is 25.8 Å². The lowest BCUT2D eigenvalue weighted by Gasteiger charge is -2.17. The Morgan fingerprint density at radius 1 is 0.268 bits per heavy atom. The number of hydrogen-bond acceptors (Lipinski definition) is 2. The number of aromatic nitrogens is 2. The number of benzene rings is 7. The van der Waals surface area contributed by atoms with Gasteiger partial charge in [0.05, 0.1) is 27.5 Å². The molecule has 2 nitrogen and oxygen atoms in total. The van der Waals surface area contributed by atoms with Crippen LogP contribution in [0.3, 0.4) is 0 Å². The van der Waals surface area contributed by atoms with Gasteiger partial charge in [-0.3, -0.25) is 0 Å². The van der Waals surface area contributed by atoms with E-state index in [0.717, 1.165) is 45.0 Å². The summed E-state index contributed by atoms with van der Waals surface area (Å²) in [7, 11) is -2.86. The average Bonchev–Trinajstić information content (AvgIpc) is 3.23. The highest BCUT2D eigenvalue weighted by Crippen LogP contribution is 2.34. The third-order valence-electron chi connectivity index (χ3n) is 10.6. The van der Waals surface area contributed by atoms with Gasteiger partial charge in [-0.25, -0.2) is 9.97 Å². The highest BCUT2D eigenvalue weighted by molar-refractivity contribution is 6.89. The van der Waals surface area contributed by atoms with Gasteiger partial charge >= 0.3 is 0 Å². The van der Waals surface area contributed by atoms with E-state index in [-0.39, 0.29) is 0 Å². The van der Waals surface area contributed by atoms with Crippen LogP contribution in [0.15, 0.2) is 182 Å². The Morgan fingerprint density at radius 2 is 0.571 bits per heavy atom. The molecule has 0 saturated carbocycles. The van der Waals surface area contributed by atoms with Crippen LogP contribution in [-0.4, -0.2) is 26.1 Å². The minimum Gasteiger partial charge on any atom is -0.228 e. The van der Waals surface area contributed by atoms with Gasteiger partial charge in [0.15, 0.2) is 5.82 Å². The molecule has 0 aliphatic heterocycles. The first-order valence-corrected chi connectivity index (χ1v) is 26.6. The summed E-state index contributed by atoms with van der Waals surface area (Å²) in [6.07, 6.45) is 0. The molecule has 0 bridgehead atoms. The second-order valence-electron chi connectivity index (χ2n) is 16.8. The molecule has 0 amide bonds. The van der Waals surface area contributed by atoms with E-state index < -0.39 is 16.1 Å². The molecular weight excluding hydrogens is 709 g/mol. The van der Waals surface area contributed by atoms with Gasteiger partial charge in [-0.15, -0.1) is 0 Å². The lowest BCUT2D eigenvalue weighted by molar-refractivity contribution is 1.18. The van der Waals surface area contributed by atoms with E-state index in [1.165, 1.54) is 43.8 Å². The van der Waals surface area contributed by atoms with Crippen molar-refractivity contribution < 1.29 is 0 Å². The van der Waals surface area contributed by atoms with E-state index in [2.05, 4.69) is 221 Å². The van der Waals surface area contributed by atoms with Crippen LogP contribution >= 0.6 is 0 Å². The van der Waals surface area contributed by atoms with Gasteiger partial charge in [-0.2, -0.15) is 0 Å². The Labute approximate surface area is 334 Å². The molecule has 0 atom stereocenters. The maximum Gasteiger partial charge on any atom is 0.160 e. The molecule has 0 fully saturated rings. The average molecular weight is 757 g/mol. The van der Waals surface area contributed by atoms with Crippen LogP contribution in [-0.2, 0) is 0 Å². The van der Waals surface area contributed by atoms with Gasteiger partial charge < -0.3 is 0 Å². The summed E-state index contributed by atoms with van der Waals surface area (Å²) in [5.41, 5.74) is 14.6. The van der Waals surface area contributed by atoms with E-state index in [1.807, 2.05) is 0 Å².